The van der Waals surface area contributed by atoms with Gasteiger partial charge in [-0.1, -0.05) is 24.3 Å². The molecule has 1 saturated heterocycles. The Labute approximate surface area is 113 Å². The number of carboxylic acid groups (broad SMARTS) is 1. The fourth-order valence-electron chi connectivity index (χ4n) is 2.56. The molecule has 0 bridgehead atoms. The quantitative estimate of drug-likeness (QED) is 0.775. The zero-order valence-electron chi connectivity index (χ0n) is 11.4. The Balaban J connectivity index is 2.20. The van der Waals surface area contributed by atoms with Gasteiger partial charge in [0.2, 0.25) is 0 Å². The minimum absolute atomic E-state index is 0.184. The minimum Gasteiger partial charge on any atom is -0.545 e. The average Bonchev–Trinajstić information content (AvgIpc) is 2.38. The van der Waals surface area contributed by atoms with Crippen LogP contribution in [-0.2, 0) is 0 Å². The zero-order chi connectivity index (χ0) is 13.8. The van der Waals surface area contributed by atoms with Crippen molar-refractivity contribution in [1.82, 2.24) is 5.01 Å². The lowest BCUT2D eigenvalue weighted by Crippen LogP contribution is -2.39. The maximum Gasteiger partial charge on any atom is 0.0721 e. The Kier molecular flexibility index (Phi) is 4.20. The Hall–Kier alpha value is -1.84. The fourth-order valence-corrected chi connectivity index (χ4v) is 2.56. The van der Waals surface area contributed by atoms with Gasteiger partial charge in [0, 0.05) is 23.2 Å². The topological polar surface area (TPSA) is 55.7 Å². The van der Waals surface area contributed by atoms with Crippen molar-refractivity contribution in [2.45, 2.75) is 45.2 Å². The van der Waals surface area contributed by atoms with Gasteiger partial charge in [-0.3, -0.25) is 5.01 Å². The lowest BCUT2D eigenvalue weighted by Gasteiger charge is -2.36. The van der Waals surface area contributed by atoms with E-state index in [2.05, 4.69) is 24.0 Å². The molecule has 4 nitrogen and oxygen atoms in total. The molecule has 0 amide bonds. The van der Waals surface area contributed by atoms with Crippen molar-refractivity contribution in [1.29, 1.82) is 0 Å². The molecule has 0 aliphatic carbocycles. The summed E-state index contributed by atoms with van der Waals surface area (Å²) < 4.78 is 0. The number of aromatic carboxylic acids is 1. The van der Waals surface area contributed by atoms with E-state index in [1.54, 1.807) is 30.5 Å². The second-order valence-corrected chi connectivity index (χ2v) is 5.13. The van der Waals surface area contributed by atoms with Gasteiger partial charge in [-0.2, -0.15) is 5.10 Å². The summed E-state index contributed by atoms with van der Waals surface area (Å²) in [6.45, 7) is 4.30. The van der Waals surface area contributed by atoms with E-state index in [0.29, 0.717) is 17.6 Å². The van der Waals surface area contributed by atoms with Crippen LogP contribution in [0.1, 0.15) is 49.0 Å². The van der Waals surface area contributed by atoms with E-state index in [1.165, 1.54) is 6.42 Å². The first-order chi connectivity index (χ1) is 9.09. The van der Waals surface area contributed by atoms with E-state index < -0.39 is 5.97 Å². The van der Waals surface area contributed by atoms with Crippen molar-refractivity contribution in [3.05, 3.63) is 35.4 Å². The average molecular weight is 259 g/mol. The van der Waals surface area contributed by atoms with Crippen LogP contribution in [0.5, 0.6) is 0 Å². The molecule has 1 heterocycles. The van der Waals surface area contributed by atoms with Gasteiger partial charge in [-0.15, -0.1) is 0 Å². The predicted octanol–water partition coefficient (Wildman–Crippen LogP) is 1.65. The number of hydrazone groups is 1. The summed E-state index contributed by atoms with van der Waals surface area (Å²) in [6, 6.07) is 7.57. The smallest absolute Gasteiger partial charge is 0.0721 e. The number of carboxylic acids is 1. The van der Waals surface area contributed by atoms with Crippen molar-refractivity contribution < 1.29 is 9.90 Å². The van der Waals surface area contributed by atoms with Crippen molar-refractivity contribution in [2.24, 2.45) is 5.10 Å². The molecule has 1 aliphatic heterocycles. The highest BCUT2D eigenvalue weighted by Gasteiger charge is 2.22. The molecule has 0 N–H and O–H groups in total. The molecule has 0 radical (unpaired) electrons. The first-order valence-electron chi connectivity index (χ1n) is 6.72. The maximum absolute atomic E-state index is 11.0. The van der Waals surface area contributed by atoms with Crippen LogP contribution in [0.4, 0.5) is 0 Å². The second-order valence-electron chi connectivity index (χ2n) is 5.13. The van der Waals surface area contributed by atoms with Crippen molar-refractivity contribution in [3.63, 3.8) is 0 Å². The van der Waals surface area contributed by atoms with E-state index in [-0.39, 0.29) is 5.56 Å². The fraction of sp³-hybridized carbons (Fsp3) is 0.467. The summed E-state index contributed by atoms with van der Waals surface area (Å²) in [5.74, 6) is -1.17. The summed E-state index contributed by atoms with van der Waals surface area (Å²) in [6.07, 6.45) is 5.11. The maximum atomic E-state index is 11.0. The largest absolute Gasteiger partial charge is 0.545 e. The van der Waals surface area contributed by atoms with Gasteiger partial charge in [-0.05, 0) is 33.1 Å². The van der Waals surface area contributed by atoms with Crippen molar-refractivity contribution in [2.75, 3.05) is 0 Å². The summed E-state index contributed by atoms with van der Waals surface area (Å²) in [5, 5.41) is 17.6. The Morgan fingerprint density at radius 3 is 2.58 bits per heavy atom. The molecule has 0 unspecified atom stereocenters. The molecule has 102 valence electrons. The summed E-state index contributed by atoms with van der Waals surface area (Å²) in [4.78, 5) is 11.0. The molecule has 0 spiro atoms. The van der Waals surface area contributed by atoms with E-state index >= 15 is 0 Å². The van der Waals surface area contributed by atoms with Crippen molar-refractivity contribution >= 4 is 12.2 Å². The number of hydrogen-bond donors (Lipinski definition) is 0. The second kappa shape index (κ2) is 5.87. The molecule has 1 aliphatic rings. The van der Waals surface area contributed by atoms with Crippen LogP contribution in [0.15, 0.2) is 29.4 Å². The van der Waals surface area contributed by atoms with Gasteiger partial charge >= 0.3 is 0 Å². The van der Waals surface area contributed by atoms with Crippen LogP contribution in [0.2, 0.25) is 0 Å². The number of carbonyl (C=O) groups is 1. The van der Waals surface area contributed by atoms with Gasteiger partial charge < -0.3 is 9.90 Å². The lowest BCUT2D eigenvalue weighted by molar-refractivity contribution is -0.255. The zero-order valence-corrected chi connectivity index (χ0v) is 11.4. The molecule has 2 rings (SSSR count). The van der Waals surface area contributed by atoms with Crippen LogP contribution < -0.4 is 5.11 Å². The molecule has 0 saturated carbocycles. The number of carbonyl (C=O) groups excluding carboxylic acids is 1. The minimum atomic E-state index is -1.17. The SMILES string of the molecule is C[C@H]1CCC[C@H](C)N1/N=C\c1ccccc1C(=O)[O-]. The van der Waals surface area contributed by atoms with Crippen LogP contribution in [-0.4, -0.2) is 29.3 Å². The van der Waals surface area contributed by atoms with E-state index in [9.17, 15) is 9.90 Å². The highest BCUT2D eigenvalue weighted by Crippen LogP contribution is 2.22. The Bertz CT molecular complexity index is 475. The third-order valence-electron chi connectivity index (χ3n) is 3.66. The Morgan fingerprint density at radius 2 is 1.95 bits per heavy atom. The predicted molar refractivity (Wildman–Crippen MR) is 73.0 cm³/mol. The number of piperidine rings is 1. The van der Waals surface area contributed by atoms with Gasteiger partial charge in [0.05, 0.1) is 12.2 Å². The summed E-state index contributed by atoms with van der Waals surface area (Å²) in [7, 11) is 0. The van der Waals surface area contributed by atoms with E-state index in [1.807, 2.05) is 0 Å². The standard InChI is InChI=1S/C15H20N2O2/c1-11-6-5-7-12(2)17(11)16-10-13-8-3-4-9-14(13)15(18)19/h3-4,8-12H,5-7H2,1-2H3,(H,18,19)/p-1/b16-10-/t11-,12-/m0/s1. The molecule has 4 heteroatoms. The monoisotopic (exact) mass is 259 g/mol. The van der Waals surface area contributed by atoms with Crippen molar-refractivity contribution in [3.8, 4) is 0 Å². The number of hydrogen-bond acceptors (Lipinski definition) is 4. The molecule has 1 fully saturated rings. The third kappa shape index (κ3) is 3.13. The molecular formula is C15H19N2O2-. The van der Waals surface area contributed by atoms with Crippen LogP contribution >= 0.6 is 0 Å². The van der Waals surface area contributed by atoms with E-state index in [0.717, 1.165) is 12.8 Å². The van der Waals surface area contributed by atoms with Gasteiger partial charge in [-0.25, -0.2) is 0 Å². The summed E-state index contributed by atoms with van der Waals surface area (Å²) >= 11 is 0. The molecule has 0 aromatic heterocycles. The Morgan fingerprint density at radius 1 is 1.32 bits per heavy atom. The number of benzene rings is 1. The third-order valence-corrected chi connectivity index (χ3v) is 3.66. The number of nitrogens with zero attached hydrogens (tertiary/aromatic N) is 2. The first-order valence-corrected chi connectivity index (χ1v) is 6.72. The first kappa shape index (κ1) is 13.6. The molecular weight excluding hydrogens is 240 g/mol. The van der Waals surface area contributed by atoms with Gasteiger partial charge in [0.15, 0.2) is 0 Å². The van der Waals surface area contributed by atoms with E-state index in [4.69, 9.17) is 0 Å². The highest BCUT2D eigenvalue weighted by atomic mass is 16.4. The van der Waals surface area contributed by atoms with Crippen LogP contribution in [0, 0.1) is 0 Å². The van der Waals surface area contributed by atoms with Crippen LogP contribution in [0.3, 0.4) is 0 Å². The van der Waals surface area contributed by atoms with Gasteiger partial charge in [0.25, 0.3) is 0 Å². The highest BCUT2D eigenvalue weighted by molar-refractivity contribution is 5.97. The number of rotatable bonds is 3. The lowest BCUT2D eigenvalue weighted by atomic mass is 10.00. The molecule has 1 aromatic carbocycles. The normalized spacial score (nSPS) is 23.8. The van der Waals surface area contributed by atoms with Gasteiger partial charge in [0.1, 0.15) is 0 Å². The molecule has 19 heavy (non-hydrogen) atoms. The molecule has 2 atom stereocenters. The van der Waals surface area contributed by atoms with Crippen LogP contribution in [0.25, 0.3) is 0 Å². The summed E-state index contributed by atoms with van der Waals surface area (Å²) in [5.41, 5.74) is 0.774. The molecule has 1 aromatic rings.